The molecule has 4 amide bonds. The molecule has 0 radical (unpaired) electrons. The number of hydrogen-bond acceptors (Lipinski definition) is 18. The fraction of sp³-hybridized carbons (Fsp3) is 0.511. The van der Waals surface area contributed by atoms with Crippen LogP contribution in [0.1, 0.15) is 57.4 Å². The second kappa shape index (κ2) is 27.9. The fourth-order valence-electron chi connectivity index (χ4n) is 7.40. The summed E-state index contributed by atoms with van der Waals surface area (Å²) in [5.74, 6) is -4.70. The summed E-state index contributed by atoms with van der Waals surface area (Å²) < 4.78 is 17.9. The maximum atomic E-state index is 13.7. The van der Waals surface area contributed by atoms with Gasteiger partial charge in [0, 0.05) is 25.4 Å². The number of aliphatic hydroxyl groups excluding tert-OH is 4. The van der Waals surface area contributed by atoms with E-state index in [0.29, 0.717) is 16.9 Å². The van der Waals surface area contributed by atoms with Gasteiger partial charge in [0.2, 0.25) is 11.8 Å². The minimum absolute atomic E-state index is 0.00514. The number of aliphatic imine (C=N–C) groups is 1. The van der Waals surface area contributed by atoms with Gasteiger partial charge in [-0.1, -0.05) is 61.7 Å². The van der Waals surface area contributed by atoms with Gasteiger partial charge in [0.05, 0.1) is 19.8 Å². The summed E-state index contributed by atoms with van der Waals surface area (Å²) in [6.45, 7) is 3.69. The third-order valence-corrected chi connectivity index (χ3v) is 11.4. The normalized spacial score (nSPS) is 19.1. The Morgan fingerprint density at radius 3 is 2.18 bits per heavy atom. The highest BCUT2D eigenvalue weighted by atomic mass is 16.7. The first-order chi connectivity index (χ1) is 34.6. The molecule has 10 atom stereocenters. The number of esters is 1. The number of rotatable bonds is 27. The largest absolute Gasteiger partial charge is 0.497 e. The maximum absolute atomic E-state index is 13.7. The summed E-state index contributed by atoms with van der Waals surface area (Å²) >= 11 is 0. The van der Waals surface area contributed by atoms with Gasteiger partial charge in [-0.2, -0.15) is 0 Å². The highest BCUT2D eigenvalue weighted by Crippen LogP contribution is 2.31. The molecule has 0 bridgehead atoms. The van der Waals surface area contributed by atoms with Gasteiger partial charge in [-0.3, -0.25) is 28.3 Å². The van der Waals surface area contributed by atoms with Crippen molar-refractivity contribution in [1.29, 1.82) is 0 Å². The number of guanidine groups is 1. The first-order valence-electron chi connectivity index (χ1n) is 23.0. The molecule has 3 aromatic rings. The summed E-state index contributed by atoms with van der Waals surface area (Å²) in [5, 5.41) is 75.7. The number of carboxylic acids is 1. The zero-order chi connectivity index (χ0) is 53.9. The van der Waals surface area contributed by atoms with E-state index in [1.807, 2.05) is 0 Å². The van der Waals surface area contributed by atoms with Crippen LogP contribution in [0.15, 0.2) is 81.4 Å². The van der Waals surface area contributed by atoms with Crippen LogP contribution in [-0.2, 0) is 41.8 Å². The number of methoxy groups -OCH3 is 1. The molecule has 2 aromatic carbocycles. The molecule has 0 spiro atoms. The molecule has 13 N–H and O–H groups in total. The number of carbonyl (C=O) groups is 5. The molecule has 1 aromatic heterocycles. The molecule has 1 saturated heterocycles. The number of aliphatic hydroxyl groups is 4. The van der Waals surface area contributed by atoms with Crippen molar-refractivity contribution in [3.8, 4) is 5.75 Å². The molecular weight excluding hydrogens is 967 g/mol. The Kier molecular flexibility index (Phi) is 22.2. The Balaban J connectivity index is 1.36. The highest BCUT2D eigenvalue weighted by molar-refractivity contribution is 5.93. The van der Waals surface area contributed by atoms with Gasteiger partial charge >= 0.3 is 23.7 Å². The monoisotopic (exact) mass is 1030 g/mol. The van der Waals surface area contributed by atoms with Crippen LogP contribution in [0.3, 0.4) is 0 Å². The zero-order valence-corrected chi connectivity index (χ0v) is 40.4. The second-order valence-corrected chi connectivity index (χ2v) is 17.1. The lowest BCUT2D eigenvalue weighted by Crippen LogP contribution is -2.59. The maximum Gasteiger partial charge on any atom is 0.333 e. The minimum Gasteiger partial charge on any atom is -0.497 e. The van der Waals surface area contributed by atoms with E-state index in [9.17, 15) is 69.2 Å². The van der Waals surface area contributed by atoms with Crippen molar-refractivity contribution in [2.24, 2.45) is 16.6 Å². The predicted molar refractivity (Wildman–Crippen MR) is 256 cm³/mol. The van der Waals surface area contributed by atoms with Crippen molar-refractivity contribution in [3.63, 3.8) is 0 Å². The molecule has 28 nitrogen and oxygen atoms in total. The van der Waals surface area contributed by atoms with E-state index >= 15 is 0 Å². The molecule has 2 heterocycles. The molecule has 0 saturated carbocycles. The van der Waals surface area contributed by atoms with Gasteiger partial charge in [-0.15, -0.1) is 0 Å². The lowest BCUT2D eigenvalue weighted by Gasteiger charge is -2.27. The molecule has 4 rings (SSSR count). The van der Waals surface area contributed by atoms with Crippen LogP contribution in [0.2, 0.25) is 0 Å². The Labute approximate surface area is 417 Å². The van der Waals surface area contributed by atoms with E-state index < -0.39 is 119 Å². The van der Waals surface area contributed by atoms with Gasteiger partial charge in [0.15, 0.2) is 11.3 Å². The molecule has 0 aliphatic carbocycles. The van der Waals surface area contributed by atoms with Crippen molar-refractivity contribution >= 4 is 35.7 Å². The van der Waals surface area contributed by atoms with Crippen LogP contribution in [0.25, 0.3) is 0 Å². The SMILES string of the molecule is COc1ccc(Cn2c(=O)ccn(C3OC(C(O)C(NCCCNC(=O)C(NC(=O)C(CCCN=C(N)N[N+](=O)[O-])NC(=O)NC(C(=O)OCc4ccccc4)C(C)C)C(C)O)C(=O)O)C(O)C3O)c2=O)cc1. The Hall–Kier alpha value is -7.50. The second-order valence-electron chi connectivity index (χ2n) is 17.1. The average Bonchev–Trinajstić information content (AvgIpc) is 3.64. The molecule has 400 valence electrons. The lowest BCUT2D eigenvalue weighted by molar-refractivity contribution is -0.525. The Bertz CT molecular complexity index is 2490. The molecule has 28 heteroatoms. The van der Waals surface area contributed by atoms with Gasteiger partial charge in [-0.05, 0) is 61.9 Å². The summed E-state index contributed by atoms with van der Waals surface area (Å²) in [6, 6.07) is 9.28. The summed E-state index contributed by atoms with van der Waals surface area (Å²) in [4.78, 5) is 106. The summed E-state index contributed by atoms with van der Waals surface area (Å²) in [5.41, 5.74) is 6.76. The van der Waals surface area contributed by atoms with E-state index in [2.05, 4.69) is 31.6 Å². The number of nitro groups is 1. The number of hydrogen-bond donors (Lipinski definition) is 12. The molecule has 1 fully saturated rings. The molecular formula is C45H63N11O17. The summed E-state index contributed by atoms with van der Waals surface area (Å²) in [6.07, 6.45) is -9.92. The van der Waals surface area contributed by atoms with Crippen LogP contribution < -0.4 is 53.7 Å². The first-order valence-corrected chi connectivity index (χ1v) is 23.0. The van der Waals surface area contributed by atoms with Crippen LogP contribution in [-0.4, -0.2) is 157 Å². The number of nitrogens with two attached hydrogens (primary N) is 1. The quantitative estimate of drug-likeness (QED) is 0.00892. The lowest BCUT2D eigenvalue weighted by atomic mass is 9.99. The van der Waals surface area contributed by atoms with Crippen LogP contribution in [0.4, 0.5) is 4.79 Å². The molecule has 10 unspecified atom stereocenters. The van der Waals surface area contributed by atoms with Gasteiger partial charge in [0.25, 0.3) is 11.5 Å². The van der Waals surface area contributed by atoms with E-state index in [-0.39, 0.29) is 52.0 Å². The van der Waals surface area contributed by atoms with Gasteiger partial charge < -0.3 is 72.1 Å². The number of benzene rings is 2. The van der Waals surface area contributed by atoms with E-state index in [1.165, 1.54) is 14.0 Å². The average molecular weight is 1030 g/mol. The third kappa shape index (κ3) is 17.1. The van der Waals surface area contributed by atoms with E-state index in [0.717, 1.165) is 21.4 Å². The number of urea groups is 1. The van der Waals surface area contributed by atoms with Crippen molar-refractivity contribution in [2.75, 3.05) is 26.7 Å². The topological polar surface area (TPSA) is 412 Å². The Morgan fingerprint density at radius 1 is 0.877 bits per heavy atom. The van der Waals surface area contributed by atoms with Crippen LogP contribution >= 0.6 is 0 Å². The molecule has 73 heavy (non-hydrogen) atoms. The van der Waals surface area contributed by atoms with E-state index in [1.54, 1.807) is 73.9 Å². The first kappa shape index (κ1) is 58.1. The van der Waals surface area contributed by atoms with Crippen molar-refractivity contribution in [3.05, 3.63) is 109 Å². The Morgan fingerprint density at radius 2 is 1.56 bits per heavy atom. The van der Waals surface area contributed by atoms with Crippen molar-refractivity contribution < 1.29 is 68.7 Å². The number of aliphatic carboxylic acids is 1. The van der Waals surface area contributed by atoms with Gasteiger partial charge in [0.1, 0.15) is 60.9 Å². The number of aromatic nitrogens is 2. The number of amides is 4. The minimum atomic E-state index is -2.03. The number of nitrogens with one attached hydrogen (secondary N) is 6. The number of nitrogens with zero attached hydrogens (tertiary/aromatic N) is 4. The third-order valence-electron chi connectivity index (χ3n) is 11.4. The highest BCUT2D eigenvalue weighted by Gasteiger charge is 2.50. The van der Waals surface area contributed by atoms with Crippen LogP contribution in [0.5, 0.6) is 5.75 Å². The number of carbonyl (C=O) groups excluding carboxylic acids is 4. The smallest absolute Gasteiger partial charge is 0.333 e. The zero-order valence-electron chi connectivity index (χ0n) is 40.4. The summed E-state index contributed by atoms with van der Waals surface area (Å²) in [7, 11) is 1.47. The molecule has 1 aliphatic heterocycles. The predicted octanol–water partition coefficient (Wildman–Crippen LogP) is -3.23. The van der Waals surface area contributed by atoms with Crippen molar-refractivity contribution in [1.82, 2.24) is 41.1 Å². The number of hydrazine groups is 1. The van der Waals surface area contributed by atoms with Gasteiger partial charge in [-0.25, -0.2) is 29.5 Å². The fourth-order valence-corrected chi connectivity index (χ4v) is 7.40. The number of carboxylic acid groups (broad SMARTS) is 1. The standard InChI is InChI=1S/C45H63N11O17/c1-24(2)31(42(66)72-23-27-10-6-5-7-11-27)52-44(67)50-29(12-8-18-49-43(46)53-56(69)70)38(62)51-32(25(3)57)39(63)48-20-9-19-47-33(41(64)65)34(59)37-35(60)36(61)40(73-37)54-21-17-30(58)55(45(54)68)22-26-13-15-28(71-4)16-14-26/h5-7,10-11,13-17,21,24-25,29,31-37,40,47,57,59-61H,8-9,12,18-20,22-23H2,1-4H3,(H,48,63)(H,51,62)(H,64,65)(H3,46,49,53)(H2,50,52,67). The van der Waals surface area contributed by atoms with Crippen LogP contribution in [0, 0.1) is 16.0 Å². The molecule has 1 aliphatic rings. The van der Waals surface area contributed by atoms with E-state index in [4.69, 9.17) is 19.9 Å². The number of ether oxygens (including phenoxy) is 3. The van der Waals surface area contributed by atoms with Crippen molar-refractivity contribution in [2.45, 2.75) is 114 Å².